The fraction of sp³-hybridized carbons (Fsp3) is 0.375. The zero-order valence-corrected chi connectivity index (χ0v) is 15.4. The predicted octanol–water partition coefficient (Wildman–Crippen LogP) is -0.658. The number of carboxylic acids is 3. The van der Waals surface area contributed by atoms with Crippen molar-refractivity contribution in [1.82, 2.24) is 5.32 Å². The first-order valence-electron chi connectivity index (χ1n) is 7.47. The van der Waals surface area contributed by atoms with Crippen LogP contribution in [0.1, 0.15) is 20.3 Å². The molecule has 0 fully saturated rings. The maximum atomic E-state index is 11.2. The minimum Gasteiger partial charge on any atom is -0.478 e. The Kier molecular flexibility index (Phi) is 13.7. The van der Waals surface area contributed by atoms with E-state index < -0.39 is 42.4 Å². The van der Waals surface area contributed by atoms with Crippen LogP contribution in [-0.4, -0.2) is 71.3 Å². The number of carboxylic acid groups (broad SMARTS) is 3. The van der Waals surface area contributed by atoms with E-state index in [0.717, 1.165) is 0 Å². The molecule has 0 heterocycles. The van der Waals surface area contributed by atoms with Gasteiger partial charge in [-0.15, -0.1) is 0 Å². The number of nitrogens with one attached hydrogen (secondary N) is 1. The molecule has 4 N–H and O–H groups in total. The molecule has 0 aliphatic heterocycles. The molecule has 0 aliphatic carbocycles. The van der Waals surface area contributed by atoms with Crippen LogP contribution in [0.4, 0.5) is 0 Å². The molecule has 1 amide bonds. The van der Waals surface area contributed by atoms with Gasteiger partial charge in [0.1, 0.15) is 0 Å². The summed E-state index contributed by atoms with van der Waals surface area (Å²) >= 11 is 0. The van der Waals surface area contributed by atoms with Crippen LogP contribution in [0, 0.1) is 0 Å². The molecule has 0 aromatic rings. The van der Waals surface area contributed by atoms with Crippen LogP contribution in [0.3, 0.4) is 0 Å². The fourth-order valence-corrected chi connectivity index (χ4v) is 1.19. The monoisotopic (exact) mass is 403 g/mol. The van der Waals surface area contributed by atoms with E-state index in [-0.39, 0.29) is 24.1 Å². The van der Waals surface area contributed by atoms with Crippen LogP contribution in [0.25, 0.3) is 0 Å². The summed E-state index contributed by atoms with van der Waals surface area (Å²) in [4.78, 5) is 63.1. The van der Waals surface area contributed by atoms with Crippen molar-refractivity contribution in [3.8, 4) is 0 Å². The van der Waals surface area contributed by atoms with Crippen molar-refractivity contribution in [3.63, 3.8) is 0 Å². The lowest BCUT2D eigenvalue weighted by molar-refractivity contribution is -0.145. The van der Waals surface area contributed by atoms with Gasteiger partial charge in [-0.05, 0) is 13.8 Å². The van der Waals surface area contributed by atoms with Gasteiger partial charge in [0.05, 0.1) is 13.5 Å². The molecule has 12 heteroatoms. The molecule has 12 nitrogen and oxygen atoms in total. The van der Waals surface area contributed by atoms with Gasteiger partial charge < -0.3 is 30.1 Å². The first-order chi connectivity index (χ1) is 12.9. The summed E-state index contributed by atoms with van der Waals surface area (Å²) in [7, 11) is 1.23. The molecule has 0 aromatic heterocycles. The van der Waals surface area contributed by atoms with Gasteiger partial charge in [0.15, 0.2) is 6.61 Å². The lowest BCUT2D eigenvalue weighted by Crippen LogP contribution is -2.30. The molecule has 0 unspecified atom stereocenters. The summed E-state index contributed by atoms with van der Waals surface area (Å²) in [6.45, 7) is 1.99. The van der Waals surface area contributed by atoms with Gasteiger partial charge in [-0.3, -0.25) is 9.59 Å². The number of rotatable bonds is 9. The minimum atomic E-state index is -1.28. The third kappa shape index (κ3) is 15.8. The van der Waals surface area contributed by atoms with Gasteiger partial charge in [-0.1, -0.05) is 0 Å². The standard InChI is InChI=1S/C11H15NO7.C5H6O4/c1-7(5-9(14)15)11(17)19-6-8(13)12-4-3-10(16)18-2;1-3(5(8)9)2-4(6)7/h5H,3-4,6H2,1-2H3,(H,12,13)(H,14,15);2H,1H3,(H,6,7)(H,8,9)/b7-5+;. The maximum absolute atomic E-state index is 11.2. The topological polar surface area (TPSA) is 194 Å². The van der Waals surface area contributed by atoms with E-state index in [1.807, 2.05) is 0 Å². The summed E-state index contributed by atoms with van der Waals surface area (Å²) in [5, 5.41) is 26.8. The highest BCUT2D eigenvalue weighted by molar-refractivity contribution is 5.96. The van der Waals surface area contributed by atoms with Crippen molar-refractivity contribution < 1.29 is 53.6 Å². The Morgan fingerprint density at radius 3 is 1.79 bits per heavy atom. The predicted molar refractivity (Wildman–Crippen MR) is 91.0 cm³/mol. The molecule has 0 aliphatic rings. The largest absolute Gasteiger partial charge is 0.478 e. The Hall–Kier alpha value is -3.70. The Morgan fingerprint density at radius 1 is 0.893 bits per heavy atom. The fourth-order valence-electron chi connectivity index (χ4n) is 1.19. The molecule has 0 saturated heterocycles. The highest BCUT2D eigenvalue weighted by atomic mass is 16.5. The third-order valence-corrected chi connectivity index (χ3v) is 2.55. The summed E-state index contributed by atoms with van der Waals surface area (Å²) in [5.41, 5.74) is -0.308. The van der Waals surface area contributed by atoms with Gasteiger partial charge >= 0.3 is 29.8 Å². The van der Waals surface area contributed by atoms with Crippen molar-refractivity contribution in [2.75, 3.05) is 20.3 Å². The van der Waals surface area contributed by atoms with Gasteiger partial charge in [0.2, 0.25) is 0 Å². The number of amides is 1. The Morgan fingerprint density at radius 2 is 1.39 bits per heavy atom. The van der Waals surface area contributed by atoms with Crippen LogP contribution in [0.5, 0.6) is 0 Å². The Bertz CT molecular complexity index is 676. The van der Waals surface area contributed by atoms with Crippen molar-refractivity contribution >= 4 is 35.8 Å². The van der Waals surface area contributed by atoms with Crippen molar-refractivity contribution in [2.24, 2.45) is 0 Å². The number of carbonyl (C=O) groups excluding carboxylic acids is 3. The Balaban J connectivity index is 0. The number of ether oxygens (including phenoxy) is 2. The number of hydrogen-bond donors (Lipinski definition) is 4. The van der Waals surface area contributed by atoms with Crippen LogP contribution in [0.2, 0.25) is 0 Å². The van der Waals surface area contributed by atoms with Crippen LogP contribution < -0.4 is 5.32 Å². The Labute approximate surface area is 159 Å². The lowest BCUT2D eigenvalue weighted by atomic mass is 10.3. The van der Waals surface area contributed by atoms with Gasteiger partial charge in [-0.2, -0.15) is 0 Å². The van der Waals surface area contributed by atoms with E-state index in [2.05, 4.69) is 14.8 Å². The van der Waals surface area contributed by atoms with Crippen LogP contribution >= 0.6 is 0 Å². The lowest BCUT2D eigenvalue weighted by Gasteiger charge is -2.05. The van der Waals surface area contributed by atoms with Crippen LogP contribution in [0.15, 0.2) is 23.3 Å². The summed E-state index contributed by atoms with van der Waals surface area (Å²) in [6.07, 6.45) is 1.33. The molecule has 0 atom stereocenters. The maximum Gasteiger partial charge on any atom is 0.334 e. The quantitative estimate of drug-likeness (QED) is 0.282. The number of methoxy groups -OCH3 is 1. The summed E-state index contributed by atoms with van der Waals surface area (Å²) in [6, 6.07) is 0. The SMILES string of the molecule is CC(=CC(=O)O)C(=O)O.COC(=O)CCNC(=O)COC(=O)/C(C)=C/C(=O)O. The molecule has 0 bridgehead atoms. The second-order valence-corrected chi connectivity index (χ2v) is 4.89. The molecule has 0 spiro atoms. The van der Waals surface area contributed by atoms with Gasteiger partial charge in [-0.25, -0.2) is 19.2 Å². The molecular weight excluding hydrogens is 382 g/mol. The second-order valence-electron chi connectivity index (χ2n) is 4.89. The minimum absolute atomic E-state index is 0.00807. The highest BCUT2D eigenvalue weighted by Crippen LogP contribution is 1.96. The smallest absolute Gasteiger partial charge is 0.334 e. The molecular formula is C16H21NO11. The normalized spacial score (nSPS) is 10.7. The van der Waals surface area contributed by atoms with E-state index in [0.29, 0.717) is 12.2 Å². The molecule has 28 heavy (non-hydrogen) atoms. The van der Waals surface area contributed by atoms with E-state index in [4.69, 9.17) is 15.3 Å². The zero-order valence-electron chi connectivity index (χ0n) is 15.4. The number of aliphatic carboxylic acids is 3. The van der Waals surface area contributed by atoms with Gasteiger partial charge in [0, 0.05) is 29.8 Å². The molecule has 0 aromatic carbocycles. The molecule has 156 valence electrons. The van der Waals surface area contributed by atoms with E-state index >= 15 is 0 Å². The van der Waals surface area contributed by atoms with Crippen molar-refractivity contribution in [1.29, 1.82) is 0 Å². The average Bonchev–Trinajstić information content (AvgIpc) is 2.58. The van der Waals surface area contributed by atoms with E-state index in [1.165, 1.54) is 21.0 Å². The number of carbonyl (C=O) groups is 6. The van der Waals surface area contributed by atoms with Gasteiger partial charge in [0.25, 0.3) is 5.91 Å². The molecule has 0 rings (SSSR count). The van der Waals surface area contributed by atoms with E-state index in [1.54, 1.807) is 0 Å². The number of esters is 2. The van der Waals surface area contributed by atoms with Crippen molar-refractivity contribution in [3.05, 3.63) is 23.3 Å². The summed E-state index contributed by atoms with van der Waals surface area (Å²) in [5.74, 6) is -5.70. The number of hydrogen-bond acceptors (Lipinski definition) is 8. The summed E-state index contributed by atoms with van der Waals surface area (Å²) < 4.78 is 8.91. The molecule has 0 radical (unpaired) electrons. The average molecular weight is 403 g/mol. The second kappa shape index (κ2) is 14.5. The molecule has 0 saturated carbocycles. The first-order valence-corrected chi connectivity index (χ1v) is 7.47. The third-order valence-electron chi connectivity index (χ3n) is 2.55. The van der Waals surface area contributed by atoms with E-state index in [9.17, 15) is 28.8 Å². The first kappa shape index (κ1) is 26.5. The zero-order chi connectivity index (χ0) is 22.3. The van der Waals surface area contributed by atoms with Crippen molar-refractivity contribution in [2.45, 2.75) is 20.3 Å². The highest BCUT2D eigenvalue weighted by Gasteiger charge is 2.11. The van der Waals surface area contributed by atoms with Crippen LogP contribution in [-0.2, 0) is 38.2 Å².